The Balaban J connectivity index is 2.52. The van der Waals surface area contributed by atoms with E-state index in [-0.39, 0.29) is 0 Å². The van der Waals surface area contributed by atoms with Gasteiger partial charge < -0.3 is 10.1 Å². The van der Waals surface area contributed by atoms with Gasteiger partial charge in [-0.1, -0.05) is 25.7 Å². The van der Waals surface area contributed by atoms with E-state index in [9.17, 15) is 8.42 Å². The summed E-state index contributed by atoms with van der Waals surface area (Å²) in [5.74, 6) is 1.47. The van der Waals surface area contributed by atoms with Crippen LogP contribution in [-0.2, 0) is 14.6 Å². The summed E-state index contributed by atoms with van der Waals surface area (Å²) in [4.78, 5) is 0. The summed E-state index contributed by atoms with van der Waals surface area (Å²) in [6, 6.07) is 0. The van der Waals surface area contributed by atoms with E-state index in [0.717, 1.165) is 19.5 Å². The molecule has 0 amide bonds. The number of ether oxygens (including phenoxy) is 1. The number of hydrogen-bond donors (Lipinski definition) is 1. The fourth-order valence-corrected chi connectivity index (χ4v) is 4.23. The van der Waals surface area contributed by atoms with Gasteiger partial charge in [0.25, 0.3) is 0 Å². The Morgan fingerprint density at radius 2 is 1.86 bits per heavy atom. The number of nitrogens with one attached hydrogen (secondary N) is 1. The molecule has 1 rings (SSSR count). The molecule has 0 aliphatic heterocycles. The fourth-order valence-electron chi connectivity index (χ4n) is 3.01. The molecular formula is C16H33NO3S. The van der Waals surface area contributed by atoms with E-state index in [1.807, 2.05) is 0 Å². The monoisotopic (exact) mass is 319 g/mol. The minimum absolute atomic E-state index is 0.309. The third-order valence-electron chi connectivity index (χ3n) is 4.65. The number of hydrogen-bond acceptors (Lipinski definition) is 4. The molecule has 0 aromatic heterocycles. The maximum absolute atomic E-state index is 12.3. The van der Waals surface area contributed by atoms with Crippen LogP contribution in [0.5, 0.6) is 0 Å². The Morgan fingerprint density at radius 3 is 2.38 bits per heavy atom. The van der Waals surface area contributed by atoms with Crippen LogP contribution in [0.15, 0.2) is 0 Å². The lowest BCUT2D eigenvalue weighted by Gasteiger charge is -2.26. The normalized spacial score (nSPS) is 19.0. The smallest absolute Gasteiger partial charge is 0.155 e. The molecule has 1 aliphatic carbocycles. The molecule has 0 aromatic carbocycles. The second-order valence-electron chi connectivity index (χ2n) is 7.22. The van der Waals surface area contributed by atoms with E-state index in [4.69, 9.17) is 4.74 Å². The molecular weight excluding hydrogens is 286 g/mol. The molecule has 126 valence electrons. The van der Waals surface area contributed by atoms with E-state index in [1.165, 1.54) is 25.7 Å². The second kappa shape index (κ2) is 8.49. The molecule has 0 bridgehead atoms. The molecule has 21 heavy (non-hydrogen) atoms. The molecule has 0 radical (unpaired) electrons. The zero-order chi connectivity index (χ0) is 15.9. The number of methoxy groups -OCH3 is 1. The summed E-state index contributed by atoms with van der Waals surface area (Å²) >= 11 is 0. The van der Waals surface area contributed by atoms with E-state index in [1.54, 1.807) is 27.9 Å². The summed E-state index contributed by atoms with van der Waals surface area (Å²) in [6.07, 6.45) is 5.89. The molecule has 0 heterocycles. The highest BCUT2D eigenvalue weighted by Crippen LogP contribution is 2.33. The first-order chi connectivity index (χ1) is 9.78. The molecule has 1 saturated carbocycles. The lowest BCUT2D eigenvalue weighted by Crippen LogP contribution is -2.34. The Bertz CT molecular complexity index is 381. The molecule has 1 N–H and O–H groups in total. The first-order valence-corrected chi connectivity index (χ1v) is 9.85. The topological polar surface area (TPSA) is 55.4 Å². The van der Waals surface area contributed by atoms with Gasteiger partial charge in [-0.25, -0.2) is 8.42 Å². The van der Waals surface area contributed by atoms with Crippen LogP contribution in [0, 0.1) is 11.8 Å². The number of rotatable bonds is 9. The van der Waals surface area contributed by atoms with Crippen LogP contribution < -0.4 is 5.32 Å². The molecule has 1 unspecified atom stereocenters. The molecule has 0 aromatic rings. The third kappa shape index (κ3) is 6.25. The van der Waals surface area contributed by atoms with Crippen LogP contribution in [0.4, 0.5) is 0 Å². The first-order valence-electron chi connectivity index (χ1n) is 8.20. The maximum atomic E-state index is 12.3. The lowest BCUT2D eigenvalue weighted by molar-refractivity contribution is 0.194. The van der Waals surface area contributed by atoms with E-state index in [0.29, 0.717) is 24.2 Å². The van der Waals surface area contributed by atoms with Gasteiger partial charge in [0, 0.05) is 13.7 Å². The van der Waals surface area contributed by atoms with Gasteiger partial charge in [0.05, 0.1) is 17.1 Å². The highest BCUT2D eigenvalue weighted by molar-refractivity contribution is 7.92. The van der Waals surface area contributed by atoms with Crippen LogP contribution in [0.25, 0.3) is 0 Å². The van der Waals surface area contributed by atoms with Crippen molar-refractivity contribution in [3.05, 3.63) is 0 Å². The standard InChI is InChI=1S/C16H33NO3S/c1-16(2,3)21(18,19)12-9-15(13-17-10-11-20-4)14-7-5-6-8-14/h14-15,17H,5-13H2,1-4H3. The Kier molecular flexibility index (Phi) is 7.65. The van der Waals surface area contributed by atoms with Gasteiger partial charge in [-0.3, -0.25) is 0 Å². The SMILES string of the molecule is COCCNCC(CCS(=O)(=O)C(C)(C)C)C1CCCC1. The first kappa shape index (κ1) is 18.9. The van der Waals surface area contributed by atoms with Gasteiger partial charge in [-0.15, -0.1) is 0 Å². The van der Waals surface area contributed by atoms with Gasteiger partial charge in [-0.2, -0.15) is 0 Å². The fraction of sp³-hybridized carbons (Fsp3) is 1.00. The predicted molar refractivity (Wildman–Crippen MR) is 88.4 cm³/mol. The second-order valence-corrected chi connectivity index (χ2v) is 10.1. The van der Waals surface area contributed by atoms with Crippen LogP contribution >= 0.6 is 0 Å². The van der Waals surface area contributed by atoms with Crippen LogP contribution in [0.3, 0.4) is 0 Å². The summed E-state index contributed by atoms with van der Waals surface area (Å²) in [5.41, 5.74) is 0. The van der Waals surface area contributed by atoms with Crippen LogP contribution in [-0.4, -0.2) is 45.7 Å². The quantitative estimate of drug-likeness (QED) is 0.664. The van der Waals surface area contributed by atoms with Crippen molar-refractivity contribution < 1.29 is 13.2 Å². The minimum atomic E-state index is -3.01. The number of sulfone groups is 1. The van der Waals surface area contributed by atoms with Crippen LogP contribution in [0.1, 0.15) is 52.9 Å². The molecule has 5 heteroatoms. The summed E-state index contributed by atoms with van der Waals surface area (Å²) < 4.78 is 29.0. The average molecular weight is 320 g/mol. The van der Waals surface area contributed by atoms with Gasteiger partial charge in [0.15, 0.2) is 9.84 Å². The zero-order valence-electron chi connectivity index (χ0n) is 14.2. The van der Waals surface area contributed by atoms with Crippen molar-refractivity contribution in [2.24, 2.45) is 11.8 Å². The Morgan fingerprint density at radius 1 is 1.24 bits per heavy atom. The summed E-state index contributed by atoms with van der Waals surface area (Å²) in [6.45, 7) is 7.84. The van der Waals surface area contributed by atoms with Crippen molar-refractivity contribution in [1.82, 2.24) is 5.32 Å². The van der Waals surface area contributed by atoms with Crippen molar-refractivity contribution in [2.75, 3.05) is 32.6 Å². The van der Waals surface area contributed by atoms with Crippen molar-refractivity contribution in [3.8, 4) is 0 Å². The summed E-state index contributed by atoms with van der Waals surface area (Å²) in [5, 5.41) is 3.42. The van der Waals surface area contributed by atoms with E-state index < -0.39 is 14.6 Å². The average Bonchev–Trinajstić information content (AvgIpc) is 2.90. The Hall–Kier alpha value is -0.130. The van der Waals surface area contributed by atoms with Crippen molar-refractivity contribution >= 4 is 9.84 Å². The van der Waals surface area contributed by atoms with Crippen molar-refractivity contribution in [1.29, 1.82) is 0 Å². The molecule has 1 atom stereocenters. The highest BCUT2D eigenvalue weighted by Gasteiger charge is 2.31. The molecule has 0 spiro atoms. The molecule has 1 fully saturated rings. The molecule has 1 aliphatic rings. The summed E-state index contributed by atoms with van der Waals surface area (Å²) in [7, 11) is -1.31. The lowest BCUT2D eigenvalue weighted by atomic mass is 9.88. The van der Waals surface area contributed by atoms with Gasteiger partial charge in [0.1, 0.15) is 0 Å². The van der Waals surface area contributed by atoms with Crippen LogP contribution in [0.2, 0.25) is 0 Å². The zero-order valence-corrected chi connectivity index (χ0v) is 15.0. The maximum Gasteiger partial charge on any atom is 0.155 e. The molecule has 0 saturated heterocycles. The highest BCUT2D eigenvalue weighted by atomic mass is 32.2. The van der Waals surface area contributed by atoms with Crippen molar-refractivity contribution in [3.63, 3.8) is 0 Å². The van der Waals surface area contributed by atoms with E-state index >= 15 is 0 Å². The van der Waals surface area contributed by atoms with Gasteiger partial charge >= 0.3 is 0 Å². The van der Waals surface area contributed by atoms with E-state index in [2.05, 4.69) is 5.32 Å². The van der Waals surface area contributed by atoms with Gasteiger partial charge in [-0.05, 0) is 45.6 Å². The predicted octanol–water partition coefficient (Wildman–Crippen LogP) is 2.63. The van der Waals surface area contributed by atoms with Gasteiger partial charge in [0.2, 0.25) is 0 Å². The minimum Gasteiger partial charge on any atom is -0.383 e. The van der Waals surface area contributed by atoms with Crippen molar-refractivity contribution in [2.45, 2.75) is 57.6 Å². The largest absolute Gasteiger partial charge is 0.383 e. The Labute approximate surface area is 130 Å². The third-order valence-corrected chi connectivity index (χ3v) is 7.29. The molecule has 4 nitrogen and oxygen atoms in total.